The molecule has 0 atom stereocenters. The maximum absolute atomic E-state index is 12.9. The molecule has 1 saturated heterocycles. The lowest BCUT2D eigenvalue weighted by molar-refractivity contribution is -0.126. The summed E-state index contributed by atoms with van der Waals surface area (Å²) in [5, 5.41) is 3.25. The number of hydrogen-bond donors (Lipinski definition) is 1. The Morgan fingerprint density at radius 2 is 1.93 bits per heavy atom. The predicted molar refractivity (Wildman–Crippen MR) is 109 cm³/mol. The molecule has 0 spiro atoms. The third-order valence-corrected chi connectivity index (χ3v) is 6.12. The van der Waals surface area contributed by atoms with Crippen molar-refractivity contribution in [2.45, 2.75) is 64.5 Å². The van der Waals surface area contributed by atoms with Gasteiger partial charge >= 0.3 is 0 Å². The lowest BCUT2D eigenvalue weighted by Gasteiger charge is -2.33. The van der Waals surface area contributed by atoms with Crippen molar-refractivity contribution in [1.82, 2.24) is 19.9 Å². The monoisotopic (exact) mass is 383 g/mol. The largest absolute Gasteiger partial charge is 0.353 e. The van der Waals surface area contributed by atoms with Crippen molar-refractivity contribution in [1.29, 1.82) is 0 Å². The second-order valence-electron chi connectivity index (χ2n) is 7.94. The first-order valence-electron chi connectivity index (χ1n) is 10.6. The molecule has 150 valence electrons. The van der Waals surface area contributed by atoms with Gasteiger partial charge in [0.2, 0.25) is 5.91 Å². The number of nitrogens with one attached hydrogen (secondary N) is 1. The quantitative estimate of drug-likeness (QED) is 0.877. The molecule has 7 nitrogen and oxygen atoms in total. The van der Waals surface area contributed by atoms with E-state index < -0.39 is 0 Å². The second-order valence-corrected chi connectivity index (χ2v) is 7.94. The average molecular weight is 383 g/mol. The minimum absolute atomic E-state index is 0.0358. The van der Waals surface area contributed by atoms with Crippen LogP contribution in [0.15, 0.2) is 23.1 Å². The first kappa shape index (κ1) is 18.9. The summed E-state index contributed by atoms with van der Waals surface area (Å²) in [7, 11) is 0. The number of rotatable bonds is 4. The Balaban J connectivity index is 1.45. The standard InChI is InChI=1S/C21H29N5O2/c1-2-26-18-17(9-6-12-22-18)24-19(21(26)28)25-13-10-15(11-14-25)20(27)23-16-7-4-3-5-8-16/h6,9,12,15-16H,2-5,7-8,10-11,13-14H2,1H3,(H,23,27). The van der Waals surface area contributed by atoms with Gasteiger partial charge in [-0.25, -0.2) is 9.97 Å². The van der Waals surface area contributed by atoms with Crippen LogP contribution in [-0.2, 0) is 11.3 Å². The fourth-order valence-electron chi connectivity index (χ4n) is 4.48. The van der Waals surface area contributed by atoms with E-state index in [0.717, 1.165) is 31.2 Å². The second kappa shape index (κ2) is 8.29. The Hall–Kier alpha value is -2.44. The van der Waals surface area contributed by atoms with Gasteiger partial charge in [0.25, 0.3) is 5.56 Å². The number of aromatic nitrogens is 3. The summed E-state index contributed by atoms with van der Waals surface area (Å²) < 4.78 is 1.68. The normalized spacial score (nSPS) is 19.1. The Morgan fingerprint density at radius 3 is 2.64 bits per heavy atom. The van der Waals surface area contributed by atoms with Crippen LogP contribution in [0.2, 0.25) is 0 Å². The highest BCUT2D eigenvalue weighted by Gasteiger charge is 2.29. The molecule has 4 rings (SSSR count). The molecule has 0 radical (unpaired) electrons. The van der Waals surface area contributed by atoms with Gasteiger partial charge in [0.1, 0.15) is 5.52 Å². The predicted octanol–water partition coefficient (Wildman–Crippen LogP) is 2.48. The van der Waals surface area contributed by atoms with E-state index in [2.05, 4.69) is 15.3 Å². The van der Waals surface area contributed by atoms with Gasteiger partial charge in [-0.1, -0.05) is 19.3 Å². The van der Waals surface area contributed by atoms with Crippen LogP contribution in [0.5, 0.6) is 0 Å². The molecule has 1 aliphatic heterocycles. The first-order valence-corrected chi connectivity index (χ1v) is 10.6. The number of carbonyl (C=O) groups excluding carboxylic acids is 1. The van der Waals surface area contributed by atoms with Crippen LogP contribution < -0.4 is 15.8 Å². The lowest BCUT2D eigenvalue weighted by atomic mass is 9.92. The fraction of sp³-hybridized carbons (Fsp3) is 0.619. The minimum Gasteiger partial charge on any atom is -0.353 e. The number of hydrogen-bond acceptors (Lipinski definition) is 5. The Kier molecular flexibility index (Phi) is 5.59. The van der Waals surface area contributed by atoms with Crippen molar-refractivity contribution >= 4 is 22.9 Å². The van der Waals surface area contributed by atoms with Gasteiger partial charge in [-0.15, -0.1) is 0 Å². The molecule has 1 aliphatic carbocycles. The van der Waals surface area contributed by atoms with Gasteiger partial charge in [-0.2, -0.15) is 0 Å². The molecule has 2 aromatic heterocycles. The third-order valence-electron chi connectivity index (χ3n) is 6.12. The number of anilines is 1. The molecular formula is C21H29N5O2. The van der Waals surface area contributed by atoms with Crippen LogP contribution in [0.3, 0.4) is 0 Å². The summed E-state index contributed by atoms with van der Waals surface area (Å²) in [6.45, 7) is 3.87. The Labute approximate surface area is 165 Å². The average Bonchev–Trinajstić information content (AvgIpc) is 2.74. The van der Waals surface area contributed by atoms with Gasteiger partial charge in [0.05, 0.1) is 0 Å². The highest BCUT2D eigenvalue weighted by Crippen LogP contribution is 2.23. The Bertz CT molecular complexity index is 895. The van der Waals surface area contributed by atoms with Gasteiger partial charge in [-0.05, 0) is 44.7 Å². The fourth-order valence-corrected chi connectivity index (χ4v) is 4.48. The summed E-state index contributed by atoms with van der Waals surface area (Å²) in [5.74, 6) is 0.704. The van der Waals surface area contributed by atoms with E-state index >= 15 is 0 Å². The van der Waals surface area contributed by atoms with Crippen molar-refractivity contribution in [2.24, 2.45) is 5.92 Å². The SMILES string of the molecule is CCn1c(=O)c(N2CCC(C(=O)NC3CCCCC3)CC2)nc2cccnc21. The third kappa shape index (κ3) is 3.75. The topological polar surface area (TPSA) is 80.1 Å². The number of pyridine rings is 1. The molecular weight excluding hydrogens is 354 g/mol. The van der Waals surface area contributed by atoms with Gasteiger partial charge in [0.15, 0.2) is 11.5 Å². The highest BCUT2D eigenvalue weighted by molar-refractivity contribution is 5.79. The summed E-state index contributed by atoms with van der Waals surface area (Å²) in [6.07, 6.45) is 9.14. The minimum atomic E-state index is -0.0983. The lowest BCUT2D eigenvalue weighted by Crippen LogP contribution is -2.45. The zero-order valence-corrected chi connectivity index (χ0v) is 16.6. The maximum Gasteiger partial charge on any atom is 0.295 e. The number of piperidine rings is 1. The maximum atomic E-state index is 12.9. The van der Waals surface area contributed by atoms with Crippen molar-refractivity contribution in [2.75, 3.05) is 18.0 Å². The van der Waals surface area contributed by atoms with Crippen LogP contribution in [-0.4, -0.2) is 39.6 Å². The Morgan fingerprint density at radius 1 is 1.18 bits per heavy atom. The zero-order valence-electron chi connectivity index (χ0n) is 16.6. The first-order chi connectivity index (χ1) is 13.7. The molecule has 0 bridgehead atoms. The van der Waals surface area contributed by atoms with Crippen molar-refractivity contribution in [3.05, 3.63) is 28.7 Å². The van der Waals surface area contributed by atoms with Gasteiger partial charge in [0, 0.05) is 37.8 Å². The van der Waals surface area contributed by atoms with E-state index in [-0.39, 0.29) is 17.4 Å². The molecule has 2 fully saturated rings. The van der Waals surface area contributed by atoms with Crippen LogP contribution >= 0.6 is 0 Å². The molecule has 28 heavy (non-hydrogen) atoms. The summed E-state index contributed by atoms with van der Waals surface area (Å²) in [4.78, 5) is 36.5. The molecule has 0 unspecified atom stereocenters. The number of carbonyl (C=O) groups is 1. The molecule has 1 saturated carbocycles. The molecule has 1 amide bonds. The summed E-state index contributed by atoms with van der Waals surface area (Å²) in [6, 6.07) is 4.08. The molecule has 1 N–H and O–H groups in total. The summed E-state index contributed by atoms with van der Waals surface area (Å²) in [5.41, 5.74) is 1.26. The number of nitrogens with zero attached hydrogens (tertiary/aromatic N) is 4. The van der Waals surface area contributed by atoms with Crippen molar-refractivity contribution in [3.8, 4) is 0 Å². The number of amides is 1. The van der Waals surface area contributed by atoms with Crippen molar-refractivity contribution < 1.29 is 4.79 Å². The van der Waals surface area contributed by atoms with Crippen LogP contribution in [0, 0.1) is 5.92 Å². The smallest absolute Gasteiger partial charge is 0.295 e. The number of fused-ring (bicyclic) bond motifs is 1. The van der Waals surface area contributed by atoms with Crippen LogP contribution in [0.4, 0.5) is 5.82 Å². The van der Waals surface area contributed by atoms with E-state index in [0.29, 0.717) is 37.1 Å². The van der Waals surface area contributed by atoms with Crippen LogP contribution in [0.1, 0.15) is 51.9 Å². The molecule has 2 aliphatic rings. The van der Waals surface area contributed by atoms with E-state index in [4.69, 9.17) is 0 Å². The molecule has 7 heteroatoms. The molecule has 3 heterocycles. The van der Waals surface area contributed by atoms with Crippen molar-refractivity contribution in [3.63, 3.8) is 0 Å². The number of aryl methyl sites for hydroxylation is 1. The zero-order chi connectivity index (χ0) is 19.5. The van der Waals surface area contributed by atoms with Gasteiger partial charge in [-0.3, -0.25) is 14.2 Å². The highest BCUT2D eigenvalue weighted by atomic mass is 16.2. The van der Waals surface area contributed by atoms with E-state index in [1.54, 1.807) is 10.8 Å². The molecule has 0 aromatic carbocycles. The van der Waals surface area contributed by atoms with E-state index in [9.17, 15) is 9.59 Å². The van der Waals surface area contributed by atoms with Crippen LogP contribution in [0.25, 0.3) is 11.2 Å². The molecule has 2 aromatic rings. The van der Waals surface area contributed by atoms with Gasteiger partial charge < -0.3 is 10.2 Å². The van der Waals surface area contributed by atoms with E-state index in [1.165, 1.54) is 19.3 Å². The van der Waals surface area contributed by atoms with E-state index in [1.807, 2.05) is 24.0 Å². The summed E-state index contributed by atoms with van der Waals surface area (Å²) >= 11 is 0.